The average Bonchev–Trinajstić information content (AvgIpc) is 2.34. The molecule has 2 aromatic rings. The Balaban J connectivity index is 2.58. The van der Waals surface area contributed by atoms with Crippen molar-refractivity contribution in [2.24, 2.45) is 0 Å². The summed E-state index contributed by atoms with van der Waals surface area (Å²) in [5, 5.41) is -0.856. The van der Waals surface area contributed by atoms with E-state index in [1.807, 2.05) is 32.9 Å². The molecular weight excluding hydrogens is 285 g/mol. The third kappa shape index (κ3) is 2.55. The zero-order valence-corrected chi connectivity index (χ0v) is 12.2. The van der Waals surface area contributed by atoms with Crippen LogP contribution in [0.4, 0.5) is 13.2 Å². The lowest BCUT2D eigenvalue weighted by Crippen LogP contribution is -2.05. The van der Waals surface area contributed by atoms with Crippen LogP contribution in [-0.2, 0) is 0 Å². The summed E-state index contributed by atoms with van der Waals surface area (Å²) in [4.78, 5) is 0. The van der Waals surface area contributed by atoms with E-state index in [0.29, 0.717) is 0 Å². The summed E-state index contributed by atoms with van der Waals surface area (Å²) in [6.45, 7) is 5.68. The Kier molecular flexibility index (Phi) is 4.09. The number of hydrogen-bond acceptors (Lipinski definition) is 0. The summed E-state index contributed by atoms with van der Waals surface area (Å²) < 4.78 is 40.1. The number of rotatable bonds is 2. The van der Waals surface area contributed by atoms with Crippen LogP contribution >= 0.6 is 11.6 Å². The minimum Gasteiger partial charge on any atom is -0.204 e. The minimum atomic E-state index is -1.49. The lowest BCUT2D eigenvalue weighted by Gasteiger charge is -2.18. The van der Waals surface area contributed by atoms with Crippen molar-refractivity contribution in [1.82, 2.24) is 0 Å². The molecule has 0 nitrogen and oxygen atoms in total. The van der Waals surface area contributed by atoms with E-state index < -0.39 is 22.8 Å². The largest absolute Gasteiger partial charge is 0.204 e. The molecule has 20 heavy (non-hydrogen) atoms. The van der Waals surface area contributed by atoms with Gasteiger partial charge in [-0.2, -0.15) is 0 Å². The quantitative estimate of drug-likeness (QED) is 0.517. The van der Waals surface area contributed by atoms with Crippen LogP contribution in [0.25, 0.3) is 0 Å². The van der Waals surface area contributed by atoms with Crippen molar-refractivity contribution in [3.63, 3.8) is 0 Å². The van der Waals surface area contributed by atoms with Gasteiger partial charge in [0.15, 0.2) is 17.5 Å². The first-order valence-electron chi connectivity index (χ1n) is 6.18. The topological polar surface area (TPSA) is 0 Å². The molecule has 0 aromatic heterocycles. The maximum atomic E-state index is 13.8. The van der Waals surface area contributed by atoms with Crippen molar-refractivity contribution < 1.29 is 13.2 Å². The number of alkyl halides is 1. The molecule has 0 N–H and O–H groups in total. The van der Waals surface area contributed by atoms with Crippen LogP contribution < -0.4 is 0 Å². The number of aryl methyl sites for hydroxylation is 3. The van der Waals surface area contributed by atoms with Crippen molar-refractivity contribution in [3.05, 3.63) is 69.5 Å². The first-order valence-corrected chi connectivity index (χ1v) is 6.61. The summed E-state index contributed by atoms with van der Waals surface area (Å²) in [7, 11) is 0. The molecule has 2 aromatic carbocycles. The van der Waals surface area contributed by atoms with Crippen molar-refractivity contribution in [1.29, 1.82) is 0 Å². The lowest BCUT2D eigenvalue weighted by molar-refractivity contribution is 0.441. The van der Waals surface area contributed by atoms with Gasteiger partial charge in [-0.25, -0.2) is 13.2 Å². The van der Waals surface area contributed by atoms with Crippen LogP contribution in [0.1, 0.15) is 33.2 Å². The van der Waals surface area contributed by atoms with Gasteiger partial charge < -0.3 is 0 Å². The second-order valence-electron chi connectivity index (χ2n) is 4.94. The van der Waals surface area contributed by atoms with E-state index in [4.69, 9.17) is 11.6 Å². The fourth-order valence-corrected chi connectivity index (χ4v) is 3.00. The summed E-state index contributed by atoms with van der Waals surface area (Å²) >= 11 is 6.29. The lowest BCUT2D eigenvalue weighted by atomic mass is 9.93. The van der Waals surface area contributed by atoms with Crippen molar-refractivity contribution in [2.75, 3.05) is 0 Å². The molecule has 1 unspecified atom stereocenters. The zero-order valence-electron chi connectivity index (χ0n) is 11.4. The fraction of sp³-hybridized carbons (Fsp3) is 0.250. The van der Waals surface area contributed by atoms with E-state index in [9.17, 15) is 13.2 Å². The van der Waals surface area contributed by atoms with E-state index in [-0.39, 0.29) is 5.56 Å². The zero-order chi connectivity index (χ0) is 15.0. The molecule has 0 radical (unpaired) electrons. The van der Waals surface area contributed by atoms with Crippen LogP contribution in [0.5, 0.6) is 0 Å². The highest BCUT2D eigenvalue weighted by Crippen LogP contribution is 2.36. The van der Waals surface area contributed by atoms with Crippen LogP contribution in [0, 0.1) is 38.2 Å². The molecular formula is C16H14ClF3. The van der Waals surface area contributed by atoms with Gasteiger partial charge in [-0.05, 0) is 43.5 Å². The van der Waals surface area contributed by atoms with Crippen molar-refractivity contribution >= 4 is 11.6 Å². The average molecular weight is 299 g/mol. The Morgan fingerprint density at radius 3 is 2.00 bits per heavy atom. The molecule has 0 aliphatic heterocycles. The van der Waals surface area contributed by atoms with Gasteiger partial charge in [0, 0.05) is 5.56 Å². The third-order valence-corrected chi connectivity index (χ3v) is 3.78. The van der Waals surface area contributed by atoms with Crippen LogP contribution in [0.3, 0.4) is 0 Å². The van der Waals surface area contributed by atoms with Crippen LogP contribution in [-0.4, -0.2) is 0 Å². The fourth-order valence-electron chi connectivity index (χ4n) is 2.48. The molecule has 0 bridgehead atoms. The second kappa shape index (κ2) is 5.49. The molecule has 1 atom stereocenters. The van der Waals surface area contributed by atoms with E-state index >= 15 is 0 Å². The highest BCUT2D eigenvalue weighted by Gasteiger charge is 2.23. The highest BCUT2D eigenvalue weighted by molar-refractivity contribution is 6.22. The summed E-state index contributed by atoms with van der Waals surface area (Å²) in [5.74, 6) is -3.94. The molecule has 0 heterocycles. The van der Waals surface area contributed by atoms with Gasteiger partial charge in [0.2, 0.25) is 0 Å². The standard InChI is InChI=1S/C16H14ClF3/c1-8-6-9(2)13(10(3)7-8)14(17)11-4-5-12(18)16(20)15(11)19/h4-7,14H,1-3H3. The molecule has 0 saturated carbocycles. The Morgan fingerprint density at radius 2 is 1.45 bits per heavy atom. The number of benzene rings is 2. The third-order valence-electron chi connectivity index (χ3n) is 3.33. The number of hydrogen-bond donors (Lipinski definition) is 0. The van der Waals surface area contributed by atoms with Gasteiger partial charge in [0.05, 0.1) is 5.38 Å². The first-order chi connectivity index (χ1) is 9.32. The Hall–Kier alpha value is -1.48. The van der Waals surface area contributed by atoms with E-state index in [1.54, 1.807) is 0 Å². The van der Waals surface area contributed by atoms with Crippen molar-refractivity contribution in [3.8, 4) is 0 Å². The van der Waals surface area contributed by atoms with Crippen LogP contribution in [0.15, 0.2) is 24.3 Å². The molecule has 4 heteroatoms. The Bertz CT molecular complexity index is 642. The summed E-state index contributed by atoms with van der Waals surface area (Å²) in [6, 6.07) is 5.93. The van der Waals surface area contributed by atoms with Crippen molar-refractivity contribution in [2.45, 2.75) is 26.1 Å². The Labute approximate surface area is 121 Å². The van der Waals surface area contributed by atoms with Gasteiger partial charge in [0.1, 0.15) is 0 Å². The molecule has 0 amide bonds. The van der Waals surface area contributed by atoms with Gasteiger partial charge in [-0.3, -0.25) is 0 Å². The normalized spacial score (nSPS) is 12.6. The second-order valence-corrected chi connectivity index (χ2v) is 5.38. The van der Waals surface area contributed by atoms with Gasteiger partial charge in [-0.1, -0.05) is 23.8 Å². The van der Waals surface area contributed by atoms with Crippen LogP contribution in [0.2, 0.25) is 0 Å². The maximum Gasteiger partial charge on any atom is 0.194 e. The smallest absolute Gasteiger partial charge is 0.194 e. The van der Waals surface area contributed by atoms with E-state index in [0.717, 1.165) is 28.3 Å². The number of halogens is 4. The first kappa shape index (κ1) is 14.9. The Morgan fingerprint density at radius 1 is 0.900 bits per heavy atom. The summed E-state index contributed by atoms with van der Waals surface area (Å²) in [5.41, 5.74) is 3.53. The molecule has 2 rings (SSSR count). The molecule has 106 valence electrons. The monoisotopic (exact) mass is 298 g/mol. The predicted molar refractivity (Wildman–Crippen MR) is 74.7 cm³/mol. The van der Waals surface area contributed by atoms with Gasteiger partial charge in [-0.15, -0.1) is 11.6 Å². The summed E-state index contributed by atoms with van der Waals surface area (Å²) in [6.07, 6.45) is 0. The van der Waals surface area contributed by atoms with E-state index in [1.165, 1.54) is 6.07 Å². The maximum absolute atomic E-state index is 13.8. The molecule has 0 fully saturated rings. The van der Waals surface area contributed by atoms with E-state index in [2.05, 4.69) is 0 Å². The minimum absolute atomic E-state index is 0.0550. The molecule has 0 aliphatic carbocycles. The molecule has 0 spiro atoms. The SMILES string of the molecule is Cc1cc(C)c(C(Cl)c2ccc(F)c(F)c2F)c(C)c1. The molecule has 0 aliphatic rings. The highest BCUT2D eigenvalue weighted by atomic mass is 35.5. The molecule has 0 saturated heterocycles. The van der Waals surface area contributed by atoms with Gasteiger partial charge in [0.25, 0.3) is 0 Å². The van der Waals surface area contributed by atoms with Gasteiger partial charge >= 0.3 is 0 Å². The predicted octanol–water partition coefficient (Wildman–Crippen LogP) is 5.36.